The van der Waals surface area contributed by atoms with E-state index in [-0.39, 0.29) is 5.91 Å². The standard InChI is InChI=1S/C23H21ClN4OS/c24-18-3-2-17-10-19(30-21(17)11-18)13-27-7-8-28(22(29)14-27)12-15-1-4-20-16(9-15)5-6-26-23(20)25/h1-6,9-11H,7-8,12-14H2,(H2,25,26). The topological polar surface area (TPSA) is 62.5 Å². The summed E-state index contributed by atoms with van der Waals surface area (Å²) >= 11 is 7.84. The number of piperazine rings is 1. The Labute approximate surface area is 183 Å². The van der Waals surface area contributed by atoms with Gasteiger partial charge in [-0.2, -0.15) is 0 Å². The minimum absolute atomic E-state index is 0.166. The second-order valence-corrected chi connectivity index (χ2v) is 9.28. The fraction of sp³-hybridized carbons (Fsp3) is 0.217. The monoisotopic (exact) mass is 436 g/mol. The van der Waals surface area contributed by atoms with Crippen LogP contribution in [0, 0.1) is 0 Å². The number of rotatable bonds is 4. The molecule has 0 radical (unpaired) electrons. The lowest BCUT2D eigenvalue weighted by atomic mass is 10.1. The zero-order valence-electron chi connectivity index (χ0n) is 16.3. The molecule has 0 spiro atoms. The lowest BCUT2D eigenvalue weighted by Crippen LogP contribution is -2.49. The van der Waals surface area contributed by atoms with Crippen LogP contribution in [-0.4, -0.2) is 40.3 Å². The van der Waals surface area contributed by atoms with Crippen LogP contribution >= 0.6 is 22.9 Å². The van der Waals surface area contributed by atoms with E-state index in [0.717, 1.165) is 41.0 Å². The number of halogens is 1. The molecule has 3 heterocycles. The highest BCUT2D eigenvalue weighted by Gasteiger charge is 2.24. The van der Waals surface area contributed by atoms with E-state index in [4.69, 9.17) is 17.3 Å². The van der Waals surface area contributed by atoms with Gasteiger partial charge in [0.15, 0.2) is 0 Å². The van der Waals surface area contributed by atoms with Gasteiger partial charge in [-0.15, -0.1) is 11.3 Å². The zero-order chi connectivity index (χ0) is 20.7. The van der Waals surface area contributed by atoms with E-state index >= 15 is 0 Å². The summed E-state index contributed by atoms with van der Waals surface area (Å²) in [5.74, 6) is 0.701. The first-order chi connectivity index (χ1) is 14.5. The van der Waals surface area contributed by atoms with Crippen molar-refractivity contribution in [1.29, 1.82) is 0 Å². The summed E-state index contributed by atoms with van der Waals surface area (Å²) in [7, 11) is 0. The summed E-state index contributed by atoms with van der Waals surface area (Å²) in [5.41, 5.74) is 7.04. The summed E-state index contributed by atoms with van der Waals surface area (Å²) in [4.78, 5) is 22.3. The number of fused-ring (bicyclic) bond motifs is 2. The molecule has 1 saturated heterocycles. The molecular weight excluding hydrogens is 416 g/mol. The van der Waals surface area contributed by atoms with E-state index in [1.54, 1.807) is 17.5 Å². The number of carbonyl (C=O) groups excluding carboxylic acids is 1. The highest BCUT2D eigenvalue weighted by atomic mass is 35.5. The molecule has 152 valence electrons. The SMILES string of the molecule is Nc1nccc2cc(CN3CCN(Cc4cc5ccc(Cl)cc5s4)CC3=O)ccc12. The largest absolute Gasteiger partial charge is 0.383 e. The van der Waals surface area contributed by atoms with Gasteiger partial charge >= 0.3 is 0 Å². The number of nitrogens with two attached hydrogens (primary N) is 1. The van der Waals surface area contributed by atoms with Crippen LogP contribution in [0.1, 0.15) is 10.4 Å². The number of hydrogen-bond donors (Lipinski definition) is 1. The van der Waals surface area contributed by atoms with Crippen molar-refractivity contribution in [2.45, 2.75) is 13.1 Å². The highest BCUT2D eigenvalue weighted by Crippen LogP contribution is 2.29. The van der Waals surface area contributed by atoms with Crippen molar-refractivity contribution in [2.24, 2.45) is 0 Å². The maximum atomic E-state index is 12.8. The Morgan fingerprint density at radius 3 is 2.80 bits per heavy atom. The molecule has 1 aliphatic heterocycles. The third-order valence-corrected chi connectivity index (χ3v) is 6.86. The van der Waals surface area contributed by atoms with Crippen molar-refractivity contribution < 1.29 is 4.79 Å². The van der Waals surface area contributed by atoms with Crippen molar-refractivity contribution in [3.05, 3.63) is 70.2 Å². The molecule has 1 amide bonds. The van der Waals surface area contributed by atoms with E-state index in [9.17, 15) is 4.79 Å². The maximum absolute atomic E-state index is 12.8. The van der Waals surface area contributed by atoms with Crippen LogP contribution in [-0.2, 0) is 17.9 Å². The number of pyridine rings is 1. The Bertz CT molecular complexity index is 1250. The lowest BCUT2D eigenvalue weighted by molar-refractivity contribution is -0.136. The number of aromatic nitrogens is 1. The minimum atomic E-state index is 0.166. The predicted molar refractivity (Wildman–Crippen MR) is 124 cm³/mol. The minimum Gasteiger partial charge on any atom is -0.383 e. The number of nitrogens with zero attached hydrogens (tertiary/aromatic N) is 3. The van der Waals surface area contributed by atoms with Crippen LogP contribution in [0.5, 0.6) is 0 Å². The second-order valence-electron chi connectivity index (χ2n) is 7.67. The van der Waals surface area contributed by atoms with E-state index in [0.29, 0.717) is 18.9 Å². The van der Waals surface area contributed by atoms with Crippen LogP contribution in [0.25, 0.3) is 20.9 Å². The predicted octanol–water partition coefficient (Wildman–Crippen LogP) is 4.53. The fourth-order valence-corrected chi connectivity index (χ4v) is 5.37. The van der Waals surface area contributed by atoms with Crippen molar-refractivity contribution in [3.8, 4) is 0 Å². The number of nitrogen functional groups attached to an aromatic ring is 1. The number of anilines is 1. The van der Waals surface area contributed by atoms with E-state index in [1.165, 1.54) is 15.0 Å². The van der Waals surface area contributed by atoms with E-state index in [2.05, 4.69) is 22.0 Å². The number of thiophene rings is 1. The molecule has 4 aromatic rings. The molecule has 5 rings (SSSR count). The summed E-state index contributed by atoms with van der Waals surface area (Å²) in [6.07, 6.45) is 1.72. The molecule has 30 heavy (non-hydrogen) atoms. The Kier molecular flexibility index (Phi) is 5.06. The molecule has 1 aliphatic rings. The maximum Gasteiger partial charge on any atom is 0.237 e. The van der Waals surface area contributed by atoms with Gasteiger partial charge in [0, 0.05) is 52.4 Å². The van der Waals surface area contributed by atoms with Crippen LogP contribution in [0.2, 0.25) is 5.02 Å². The third-order valence-electron chi connectivity index (χ3n) is 5.54. The second kappa shape index (κ2) is 7.87. The zero-order valence-corrected chi connectivity index (χ0v) is 17.9. The number of carbonyl (C=O) groups is 1. The van der Waals surface area contributed by atoms with Crippen LogP contribution in [0.4, 0.5) is 5.82 Å². The van der Waals surface area contributed by atoms with Crippen molar-refractivity contribution in [2.75, 3.05) is 25.4 Å². The molecule has 0 aliphatic carbocycles. The lowest BCUT2D eigenvalue weighted by Gasteiger charge is -2.34. The molecule has 2 aromatic carbocycles. The van der Waals surface area contributed by atoms with Crippen molar-refractivity contribution in [1.82, 2.24) is 14.8 Å². The van der Waals surface area contributed by atoms with Gasteiger partial charge < -0.3 is 10.6 Å². The van der Waals surface area contributed by atoms with Gasteiger partial charge in [0.2, 0.25) is 5.91 Å². The van der Waals surface area contributed by atoms with Gasteiger partial charge in [0.05, 0.1) is 6.54 Å². The number of benzene rings is 2. The Hall–Kier alpha value is -2.67. The summed E-state index contributed by atoms with van der Waals surface area (Å²) in [5, 5.41) is 3.96. The third kappa shape index (κ3) is 3.86. The molecule has 0 atom stereocenters. The molecule has 2 N–H and O–H groups in total. The Morgan fingerprint density at radius 2 is 1.93 bits per heavy atom. The Balaban J connectivity index is 1.24. The van der Waals surface area contributed by atoms with Crippen LogP contribution < -0.4 is 5.73 Å². The molecule has 2 aromatic heterocycles. The summed E-state index contributed by atoms with van der Waals surface area (Å²) in [6.45, 7) is 3.45. The van der Waals surface area contributed by atoms with Gasteiger partial charge in [0.25, 0.3) is 0 Å². The summed E-state index contributed by atoms with van der Waals surface area (Å²) < 4.78 is 1.19. The van der Waals surface area contributed by atoms with Gasteiger partial charge in [-0.1, -0.05) is 29.8 Å². The normalized spacial score (nSPS) is 15.4. The first-order valence-electron chi connectivity index (χ1n) is 9.86. The first-order valence-corrected chi connectivity index (χ1v) is 11.1. The van der Waals surface area contributed by atoms with E-state index < -0.39 is 0 Å². The van der Waals surface area contributed by atoms with Gasteiger partial charge in [0.1, 0.15) is 5.82 Å². The summed E-state index contributed by atoms with van der Waals surface area (Å²) in [6, 6.07) is 16.2. The molecule has 7 heteroatoms. The van der Waals surface area contributed by atoms with Gasteiger partial charge in [-0.3, -0.25) is 9.69 Å². The molecule has 0 saturated carbocycles. The van der Waals surface area contributed by atoms with E-state index in [1.807, 2.05) is 41.3 Å². The van der Waals surface area contributed by atoms with Gasteiger partial charge in [-0.25, -0.2) is 4.98 Å². The first kappa shape index (κ1) is 19.3. The van der Waals surface area contributed by atoms with Crippen molar-refractivity contribution >= 4 is 55.5 Å². The molecular formula is C23H21ClN4OS. The van der Waals surface area contributed by atoms with Gasteiger partial charge in [-0.05, 0) is 46.7 Å². The van der Waals surface area contributed by atoms with Crippen molar-refractivity contribution in [3.63, 3.8) is 0 Å². The molecule has 0 bridgehead atoms. The molecule has 5 nitrogen and oxygen atoms in total. The Morgan fingerprint density at radius 1 is 1.03 bits per heavy atom. The van der Waals surface area contributed by atoms with Crippen LogP contribution in [0.3, 0.4) is 0 Å². The average molecular weight is 437 g/mol. The molecule has 0 unspecified atom stereocenters. The number of amides is 1. The van der Waals surface area contributed by atoms with Crippen LogP contribution in [0.15, 0.2) is 54.7 Å². The fourth-order valence-electron chi connectivity index (χ4n) is 3.99. The average Bonchev–Trinajstić information content (AvgIpc) is 3.11. The number of hydrogen-bond acceptors (Lipinski definition) is 5. The quantitative estimate of drug-likeness (QED) is 0.510. The highest BCUT2D eigenvalue weighted by molar-refractivity contribution is 7.19. The molecule has 1 fully saturated rings. The smallest absolute Gasteiger partial charge is 0.237 e.